The molecule has 0 amide bonds. The molecule has 121 valence electrons. The topological polar surface area (TPSA) is 76.3 Å². The molecule has 2 rings (SSSR count). The van der Waals surface area contributed by atoms with Gasteiger partial charge in [-0.1, -0.05) is 0 Å². The summed E-state index contributed by atoms with van der Waals surface area (Å²) < 4.78 is 2.65. The van der Waals surface area contributed by atoms with Gasteiger partial charge in [-0.2, -0.15) is 0 Å². The predicted octanol–water partition coefficient (Wildman–Crippen LogP) is 3.43. The summed E-state index contributed by atoms with van der Waals surface area (Å²) >= 11 is 4.09. The summed E-state index contributed by atoms with van der Waals surface area (Å²) in [6.45, 7) is 3.84. The van der Waals surface area contributed by atoms with Crippen molar-refractivity contribution in [2.75, 3.05) is 0 Å². The molecule has 0 aromatic heterocycles. The number of hydrogen-bond acceptors (Lipinski definition) is 3. The van der Waals surface area contributed by atoms with E-state index in [9.17, 15) is 10.2 Å². The van der Waals surface area contributed by atoms with Gasteiger partial charge in [0, 0.05) is 0 Å². The number of aryl methyl sites for hydroxylation is 2. The van der Waals surface area contributed by atoms with Crippen molar-refractivity contribution in [2.45, 2.75) is 13.8 Å². The summed E-state index contributed by atoms with van der Waals surface area (Å²) in [5, 5.41) is 19.8. The molecule has 4 N–H and O–H groups in total. The standard InChI is InChI=1S/C18H18N2O2.Co/c1-11-3-5-17(21)13(7-11)9-15(19)16(20)10-14-8-12(2)4-6-18(14)22;/h3-10,19-22H,1-2H3;/q-1;+1. The van der Waals surface area contributed by atoms with Crippen LogP contribution in [0.1, 0.15) is 22.3 Å². The van der Waals surface area contributed by atoms with Crippen LogP contribution in [0.4, 0.5) is 0 Å². The third kappa shape index (κ3) is 4.31. The van der Waals surface area contributed by atoms with E-state index < -0.39 is 0 Å². The van der Waals surface area contributed by atoms with Crippen molar-refractivity contribution < 1.29 is 26.2 Å². The first-order chi connectivity index (χ1) is 10.9. The number of aromatic hydroxyl groups is 2. The fraction of sp³-hybridized carbons (Fsp3) is 0.111. The third-order valence-electron chi connectivity index (χ3n) is 3.35. The van der Waals surface area contributed by atoms with E-state index in [1.54, 1.807) is 36.4 Å². The SMILES string of the molecule is Cc1ccc(O)c(C=C([NH])C(=Cc2cc(C)ccc2O)[NH][Co])c1. The Morgan fingerprint density at radius 3 is 1.91 bits per heavy atom. The van der Waals surface area contributed by atoms with Gasteiger partial charge in [-0.25, -0.2) is 0 Å². The second kappa shape index (κ2) is 7.26. The summed E-state index contributed by atoms with van der Waals surface area (Å²) in [7, 11) is 0. The molecule has 1 radical (unpaired) electrons. The average Bonchev–Trinajstić information content (AvgIpc) is 2.51. The zero-order chi connectivity index (χ0) is 17.0. The van der Waals surface area contributed by atoms with Crippen LogP contribution in [0.2, 0.25) is 0 Å². The number of nitrogens with one attached hydrogen (secondary N) is 2. The molecular formula is C18H18CoN2O2. The van der Waals surface area contributed by atoms with E-state index in [-0.39, 0.29) is 17.2 Å². The molecule has 5 heteroatoms. The van der Waals surface area contributed by atoms with E-state index in [2.05, 4.69) is 20.3 Å². The second-order valence-electron chi connectivity index (χ2n) is 5.32. The van der Waals surface area contributed by atoms with E-state index in [1.807, 2.05) is 26.0 Å². The van der Waals surface area contributed by atoms with E-state index in [4.69, 9.17) is 5.73 Å². The molecule has 0 fully saturated rings. The minimum atomic E-state index is 0.108. The van der Waals surface area contributed by atoms with E-state index >= 15 is 0 Å². The molecule has 0 aliphatic heterocycles. The van der Waals surface area contributed by atoms with Gasteiger partial charge >= 0.3 is 144 Å². The number of phenols is 2. The molecule has 0 saturated heterocycles. The van der Waals surface area contributed by atoms with Crippen molar-refractivity contribution in [3.63, 3.8) is 0 Å². The first-order valence-electron chi connectivity index (χ1n) is 6.99. The molecule has 0 spiro atoms. The van der Waals surface area contributed by atoms with Crippen LogP contribution < -0.4 is 10.1 Å². The Kier molecular flexibility index (Phi) is 5.36. The molecule has 0 unspecified atom stereocenters. The summed E-state index contributed by atoms with van der Waals surface area (Å²) in [4.78, 5) is 0. The maximum absolute atomic E-state index is 9.91. The summed E-state index contributed by atoms with van der Waals surface area (Å²) in [6, 6.07) is 10.4. The molecule has 0 aliphatic carbocycles. The Hall–Kier alpha value is -2.37. The molecule has 0 heterocycles. The van der Waals surface area contributed by atoms with Crippen molar-refractivity contribution in [2.24, 2.45) is 0 Å². The fourth-order valence-electron chi connectivity index (χ4n) is 2.11. The fourth-order valence-corrected chi connectivity index (χ4v) is 2.33. The Morgan fingerprint density at radius 2 is 1.43 bits per heavy atom. The maximum atomic E-state index is 9.91. The van der Waals surface area contributed by atoms with Gasteiger partial charge in [-0.3, -0.25) is 0 Å². The zero-order valence-corrected chi connectivity index (χ0v) is 13.9. The van der Waals surface area contributed by atoms with Crippen LogP contribution in [-0.2, 0) is 16.0 Å². The first kappa shape index (κ1) is 17.0. The quantitative estimate of drug-likeness (QED) is 0.737. The average molecular weight is 353 g/mol. The second-order valence-corrected chi connectivity index (χ2v) is 5.58. The van der Waals surface area contributed by atoms with Crippen molar-refractivity contribution in [3.05, 3.63) is 70.0 Å². The van der Waals surface area contributed by atoms with Gasteiger partial charge in [-0.15, -0.1) is 0 Å². The van der Waals surface area contributed by atoms with Crippen molar-refractivity contribution in [1.29, 1.82) is 0 Å². The molecule has 2 aromatic carbocycles. The van der Waals surface area contributed by atoms with E-state index in [0.717, 1.165) is 11.1 Å². The van der Waals surface area contributed by atoms with Gasteiger partial charge in [0.05, 0.1) is 0 Å². The van der Waals surface area contributed by atoms with Gasteiger partial charge in [0.15, 0.2) is 0 Å². The Labute approximate surface area is 144 Å². The molecule has 2 aromatic rings. The summed E-state index contributed by atoms with van der Waals surface area (Å²) in [5.41, 5.74) is 11.9. The number of rotatable bonds is 4. The minimum absolute atomic E-state index is 0.108. The molecule has 0 atom stereocenters. The normalized spacial score (nSPS) is 12.3. The third-order valence-corrected chi connectivity index (χ3v) is 3.63. The van der Waals surface area contributed by atoms with Crippen LogP contribution in [0.3, 0.4) is 0 Å². The van der Waals surface area contributed by atoms with Crippen LogP contribution in [-0.4, -0.2) is 10.2 Å². The molecule has 23 heavy (non-hydrogen) atoms. The van der Waals surface area contributed by atoms with Crippen LogP contribution in [0, 0.1) is 13.8 Å². The van der Waals surface area contributed by atoms with Gasteiger partial charge in [0.1, 0.15) is 0 Å². The Bertz CT molecular complexity index is 783. The van der Waals surface area contributed by atoms with Gasteiger partial charge in [-0.05, 0) is 0 Å². The van der Waals surface area contributed by atoms with Gasteiger partial charge in [0.2, 0.25) is 0 Å². The van der Waals surface area contributed by atoms with E-state index in [0.29, 0.717) is 16.8 Å². The zero-order valence-electron chi connectivity index (χ0n) is 12.8. The van der Waals surface area contributed by atoms with Crippen LogP contribution in [0.25, 0.3) is 12.2 Å². The van der Waals surface area contributed by atoms with Crippen molar-refractivity contribution >= 4 is 12.2 Å². The van der Waals surface area contributed by atoms with E-state index in [1.165, 1.54) is 0 Å². The molecule has 4 nitrogen and oxygen atoms in total. The predicted molar refractivity (Wildman–Crippen MR) is 87.9 cm³/mol. The van der Waals surface area contributed by atoms with Gasteiger partial charge < -0.3 is 0 Å². The molecule has 0 bridgehead atoms. The van der Waals surface area contributed by atoms with Crippen molar-refractivity contribution in [3.8, 4) is 11.5 Å². The number of hydrogen-bond donors (Lipinski definition) is 3. The Balaban J connectivity index is 2.43. The summed E-state index contributed by atoms with van der Waals surface area (Å²) in [6.07, 6.45) is 3.18. The van der Waals surface area contributed by atoms with Crippen LogP contribution >= 0.6 is 0 Å². The summed E-state index contributed by atoms with van der Waals surface area (Å²) in [5.74, 6) is 0.235. The van der Waals surface area contributed by atoms with Gasteiger partial charge in [0.25, 0.3) is 0 Å². The Morgan fingerprint density at radius 1 is 0.957 bits per heavy atom. The van der Waals surface area contributed by atoms with Crippen LogP contribution in [0.5, 0.6) is 11.5 Å². The molecule has 0 saturated carbocycles. The molecular weight excluding hydrogens is 335 g/mol. The number of benzene rings is 2. The van der Waals surface area contributed by atoms with Crippen molar-refractivity contribution in [1.82, 2.24) is 10.1 Å². The monoisotopic (exact) mass is 353 g/mol. The van der Waals surface area contributed by atoms with Crippen LogP contribution in [0.15, 0.2) is 47.8 Å². The first-order valence-corrected chi connectivity index (χ1v) is 7.52. The molecule has 0 aliphatic rings. The number of phenolic OH excluding ortho intramolecular Hbond substituents is 2.